The Morgan fingerprint density at radius 2 is 2.12 bits per heavy atom. The molecule has 26 heavy (non-hydrogen) atoms. The van der Waals surface area contributed by atoms with Crippen LogP contribution in [-0.4, -0.2) is 30.1 Å². The van der Waals surface area contributed by atoms with E-state index >= 15 is 0 Å². The number of halogens is 2. The summed E-state index contributed by atoms with van der Waals surface area (Å²) in [4.78, 5) is 17.1. The summed E-state index contributed by atoms with van der Waals surface area (Å²) in [5.74, 6) is 0.454. The molecule has 5 nitrogen and oxygen atoms in total. The third-order valence-electron chi connectivity index (χ3n) is 4.37. The predicted octanol–water partition coefficient (Wildman–Crippen LogP) is 3.73. The van der Waals surface area contributed by atoms with E-state index in [9.17, 15) is 9.18 Å². The molecule has 1 aliphatic rings. The number of amides is 1. The topological polar surface area (TPSA) is 54.5 Å². The Morgan fingerprint density at radius 3 is 2.81 bits per heavy atom. The molecule has 0 saturated carbocycles. The minimum absolute atomic E-state index is 0.0474. The summed E-state index contributed by atoms with van der Waals surface area (Å²) in [7, 11) is 0. The van der Waals surface area contributed by atoms with Crippen molar-refractivity contribution in [3.8, 4) is 5.75 Å². The van der Waals surface area contributed by atoms with E-state index in [0.717, 1.165) is 17.7 Å². The molecule has 0 radical (unpaired) electrons. The molecule has 3 rings (SSSR count). The molecule has 1 saturated heterocycles. The maximum absolute atomic E-state index is 14.1. The van der Waals surface area contributed by atoms with Gasteiger partial charge < -0.3 is 15.0 Å². The average molecular weight is 378 g/mol. The van der Waals surface area contributed by atoms with Crippen LogP contribution >= 0.6 is 11.6 Å². The van der Waals surface area contributed by atoms with E-state index in [1.807, 2.05) is 36.1 Å². The first-order valence-corrected chi connectivity index (χ1v) is 8.90. The minimum Gasteiger partial charge on any atom is -0.489 e. The molecular formula is C19H21ClFN3O2. The van der Waals surface area contributed by atoms with E-state index in [4.69, 9.17) is 16.3 Å². The Labute approximate surface area is 157 Å². The maximum atomic E-state index is 14.1. The van der Waals surface area contributed by atoms with Crippen LogP contribution in [0.3, 0.4) is 0 Å². The quantitative estimate of drug-likeness (QED) is 0.862. The molecule has 0 unspecified atom stereocenters. The number of ether oxygens (including phenoxy) is 1. The number of carbonyl (C=O) groups is 1. The fourth-order valence-electron chi connectivity index (χ4n) is 3.06. The van der Waals surface area contributed by atoms with Crippen molar-refractivity contribution >= 4 is 23.3 Å². The summed E-state index contributed by atoms with van der Waals surface area (Å²) in [5.41, 5.74) is 1.01. The highest BCUT2D eigenvalue weighted by Crippen LogP contribution is 2.28. The molecule has 1 amide bonds. The number of nitrogens with zero attached hydrogens (tertiary/aromatic N) is 2. The molecular weight excluding hydrogens is 357 g/mol. The summed E-state index contributed by atoms with van der Waals surface area (Å²) < 4.78 is 20.1. The van der Waals surface area contributed by atoms with Gasteiger partial charge in [-0.2, -0.15) is 0 Å². The number of hydrogen-bond donors (Lipinski definition) is 1. The van der Waals surface area contributed by atoms with Crippen molar-refractivity contribution in [2.75, 3.05) is 18.0 Å². The predicted molar refractivity (Wildman–Crippen MR) is 99.1 cm³/mol. The number of rotatable bonds is 5. The fraction of sp³-hybridized carbons (Fsp3) is 0.368. The molecule has 1 N–H and O–H groups in total. The Hall–Kier alpha value is -2.34. The van der Waals surface area contributed by atoms with Crippen LogP contribution in [-0.2, 0) is 4.79 Å². The van der Waals surface area contributed by atoms with Gasteiger partial charge in [0.1, 0.15) is 11.9 Å². The van der Waals surface area contributed by atoms with Crippen LogP contribution in [0.2, 0.25) is 5.02 Å². The molecule has 2 atom stereocenters. The molecule has 0 bridgehead atoms. The normalized spacial score (nSPS) is 17.8. The zero-order valence-corrected chi connectivity index (χ0v) is 15.5. The zero-order valence-electron chi connectivity index (χ0n) is 14.7. The van der Waals surface area contributed by atoms with E-state index in [0.29, 0.717) is 13.1 Å². The molecule has 2 heterocycles. The third kappa shape index (κ3) is 4.25. The van der Waals surface area contributed by atoms with Crippen molar-refractivity contribution in [3.05, 3.63) is 52.9 Å². The number of anilines is 1. The van der Waals surface area contributed by atoms with E-state index in [1.165, 1.54) is 19.2 Å². The van der Waals surface area contributed by atoms with Crippen LogP contribution in [0, 0.1) is 5.82 Å². The number of benzene rings is 1. The zero-order chi connectivity index (χ0) is 18.7. The molecule has 1 aliphatic heterocycles. The molecule has 0 aliphatic carbocycles. The van der Waals surface area contributed by atoms with E-state index in [-0.39, 0.29) is 28.9 Å². The lowest BCUT2D eigenvalue weighted by Gasteiger charge is -2.19. The van der Waals surface area contributed by atoms with Crippen LogP contribution in [0.15, 0.2) is 36.5 Å². The van der Waals surface area contributed by atoms with Crippen molar-refractivity contribution in [2.24, 2.45) is 0 Å². The molecule has 1 aromatic carbocycles. The number of aromatic nitrogens is 1. The maximum Gasteiger partial charge on any atom is 0.217 e. The van der Waals surface area contributed by atoms with Crippen LogP contribution in [0.4, 0.5) is 10.2 Å². The van der Waals surface area contributed by atoms with Crippen molar-refractivity contribution < 1.29 is 13.9 Å². The van der Waals surface area contributed by atoms with Crippen molar-refractivity contribution in [1.82, 2.24) is 10.3 Å². The summed E-state index contributed by atoms with van der Waals surface area (Å²) >= 11 is 5.83. The van der Waals surface area contributed by atoms with E-state index < -0.39 is 5.82 Å². The smallest absolute Gasteiger partial charge is 0.217 e. The SMILES string of the molecule is CC(=O)N[C@@H](C)c1ccc(O[C@@H]2CCN(c3nccc(Cl)c3F)C2)cc1. The average Bonchev–Trinajstić information content (AvgIpc) is 3.05. The summed E-state index contributed by atoms with van der Waals surface area (Å²) in [6.07, 6.45) is 2.23. The largest absolute Gasteiger partial charge is 0.489 e. The first-order chi connectivity index (χ1) is 12.4. The second kappa shape index (κ2) is 7.91. The highest BCUT2D eigenvalue weighted by Gasteiger charge is 2.27. The summed E-state index contributed by atoms with van der Waals surface area (Å²) in [6.45, 7) is 4.64. The lowest BCUT2D eigenvalue weighted by atomic mass is 10.1. The van der Waals surface area contributed by atoms with Gasteiger partial charge >= 0.3 is 0 Å². The molecule has 1 fully saturated rings. The minimum atomic E-state index is -0.494. The van der Waals surface area contributed by atoms with Crippen molar-refractivity contribution in [3.63, 3.8) is 0 Å². The first kappa shape index (κ1) is 18.5. The van der Waals surface area contributed by atoms with Crippen molar-refractivity contribution in [2.45, 2.75) is 32.4 Å². The number of pyridine rings is 1. The van der Waals surface area contributed by atoms with Gasteiger partial charge in [0, 0.05) is 26.1 Å². The Kier molecular flexibility index (Phi) is 5.61. The molecule has 2 aromatic rings. The first-order valence-electron chi connectivity index (χ1n) is 8.52. The van der Waals surface area contributed by atoms with Gasteiger partial charge in [-0.1, -0.05) is 23.7 Å². The second-order valence-electron chi connectivity index (χ2n) is 6.40. The lowest BCUT2D eigenvalue weighted by Crippen LogP contribution is -2.26. The van der Waals surface area contributed by atoms with Gasteiger partial charge in [0.25, 0.3) is 0 Å². The van der Waals surface area contributed by atoms with Gasteiger partial charge in [0.2, 0.25) is 5.91 Å². The summed E-state index contributed by atoms with van der Waals surface area (Å²) in [5, 5.41) is 2.92. The molecule has 1 aromatic heterocycles. The van der Waals surface area contributed by atoms with Crippen LogP contribution < -0.4 is 15.0 Å². The van der Waals surface area contributed by atoms with Gasteiger partial charge in [0.05, 0.1) is 17.6 Å². The molecule has 0 spiro atoms. The van der Waals surface area contributed by atoms with Gasteiger partial charge in [-0.05, 0) is 30.7 Å². The van der Waals surface area contributed by atoms with Crippen LogP contribution in [0.25, 0.3) is 0 Å². The molecule has 138 valence electrons. The number of nitrogens with one attached hydrogen (secondary N) is 1. The Balaban J connectivity index is 1.60. The van der Waals surface area contributed by atoms with E-state index in [2.05, 4.69) is 10.3 Å². The Morgan fingerprint density at radius 1 is 1.38 bits per heavy atom. The monoisotopic (exact) mass is 377 g/mol. The number of hydrogen-bond acceptors (Lipinski definition) is 4. The molecule has 7 heteroatoms. The number of carbonyl (C=O) groups excluding carboxylic acids is 1. The second-order valence-corrected chi connectivity index (χ2v) is 6.80. The van der Waals surface area contributed by atoms with Crippen LogP contribution in [0.1, 0.15) is 31.9 Å². The summed E-state index contributed by atoms with van der Waals surface area (Å²) in [6, 6.07) is 9.01. The fourth-order valence-corrected chi connectivity index (χ4v) is 3.20. The van der Waals surface area contributed by atoms with Gasteiger partial charge in [-0.15, -0.1) is 0 Å². The van der Waals surface area contributed by atoms with Gasteiger partial charge in [-0.3, -0.25) is 4.79 Å². The van der Waals surface area contributed by atoms with Crippen molar-refractivity contribution in [1.29, 1.82) is 0 Å². The van der Waals surface area contributed by atoms with Gasteiger partial charge in [-0.25, -0.2) is 9.37 Å². The third-order valence-corrected chi connectivity index (χ3v) is 4.66. The van der Waals surface area contributed by atoms with Crippen LogP contribution in [0.5, 0.6) is 5.75 Å². The van der Waals surface area contributed by atoms with E-state index in [1.54, 1.807) is 0 Å². The Bertz CT molecular complexity index is 785. The highest BCUT2D eigenvalue weighted by molar-refractivity contribution is 6.30. The van der Waals surface area contributed by atoms with Gasteiger partial charge in [0.15, 0.2) is 11.6 Å². The standard InChI is InChI=1S/C19H21ClFN3O2/c1-12(23-13(2)25)14-3-5-15(6-4-14)26-16-8-10-24(11-16)19-18(21)17(20)7-9-22-19/h3-7,9,12,16H,8,10-11H2,1-2H3,(H,23,25)/t12-,16+/m0/s1. The lowest BCUT2D eigenvalue weighted by molar-refractivity contribution is -0.119. The highest BCUT2D eigenvalue weighted by atomic mass is 35.5.